The van der Waals surface area contributed by atoms with Crippen molar-refractivity contribution in [3.8, 4) is 0 Å². The number of hydrogen-bond acceptors (Lipinski definition) is 2. The minimum Gasteiger partial charge on any atom is -0.316 e. The highest BCUT2D eigenvalue weighted by molar-refractivity contribution is 6.35. The number of nitrogens with zero attached hydrogens (tertiary/aromatic N) is 1. The van der Waals surface area contributed by atoms with E-state index in [1.807, 2.05) is 35.2 Å². The molecule has 124 valence electrons. The van der Waals surface area contributed by atoms with Crippen LogP contribution in [-0.2, 0) is 19.3 Å². The molecule has 0 aromatic heterocycles. The number of fused-ring (bicyclic) bond motifs is 2. The third kappa shape index (κ3) is 2.72. The van der Waals surface area contributed by atoms with Crippen LogP contribution in [0.1, 0.15) is 33.5 Å². The zero-order valence-corrected chi connectivity index (χ0v) is 14.4. The maximum Gasteiger partial charge on any atom is 0.258 e. The highest BCUT2D eigenvalue weighted by Gasteiger charge is 2.28. The molecule has 0 aliphatic carbocycles. The lowest BCUT2D eigenvalue weighted by molar-refractivity contribution is 0.0985. The van der Waals surface area contributed by atoms with Crippen molar-refractivity contribution in [1.29, 1.82) is 0 Å². The van der Waals surface area contributed by atoms with Gasteiger partial charge in [0.05, 0.1) is 10.7 Å². The molecule has 24 heavy (non-hydrogen) atoms. The van der Waals surface area contributed by atoms with E-state index in [0.29, 0.717) is 0 Å². The van der Waals surface area contributed by atoms with Crippen molar-refractivity contribution in [3.63, 3.8) is 0 Å². The molecule has 0 unspecified atom stereocenters. The van der Waals surface area contributed by atoms with Gasteiger partial charge in [0.2, 0.25) is 0 Å². The molecule has 0 atom stereocenters. The van der Waals surface area contributed by atoms with Crippen LogP contribution in [0.25, 0.3) is 0 Å². The topological polar surface area (TPSA) is 32.3 Å². The van der Waals surface area contributed by atoms with Crippen molar-refractivity contribution in [1.82, 2.24) is 5.32 Å². The molecule has 4 heteroatoms. The monoisotopic (exact) mass is 340 g/mol. The van der Waals surface area contributed by atoms with Gasteiger partial charge in [0.15, 0.2) is 0 Å². The van der Waals surface area contributed by atoms with E-state index in [-0.39, 0.29) is 5.91 Å². The fraction of sp³-hybridized carbons (Fsp3) is 0.350. The van der Waals surface area contributed by atoms with Crippen LogP contribution < -0.4 is 10.2 Å². The molecule has 2 aromatic carbocycles. The predicted octanol–water partition coefficient (Wildman–Crippen LogP) is 3.62. The summed E-state index contributed by atoms with van der Waals surface area (Å²) in [5, 5.41) is 4.22. The summed E-state index contributed by atoms with van der Waals surface area (Å²) in [7, 11) is 0. The second kappa shape index (κ2) is 6.58. The highest BCUT2D eigenvalue weighted by atomic mass is 35.5. The fourth-order valence-electron chi connectivity index (χ4n) is 3.81. The number of nitrogens with one attached hydrogen (secondary N) is 1. The fourth-order valence-corrected chi connectivity index (χ4v) is 4.25. The molecule has 3 nitrogen and oxygen atoms in total. The Bertz CT molecular complexity index is 773. The minimum atomic E-state index is 0.0464. The summed E-state index contributed by atoms with van der Waals surface area (Å²) >= 11 is 6.82. The van der Waals surface area contributed by atoms with Crippen LogP contribution in [0.5, 0.6) is 0 Å². The van der Waals surface area contributed by atoms with Crippen molar-refractivity contribution in [2.75, 3.05) is 24.5 Å². The first-order chi connectivity index (χ1) is 11.8. The van der Waals surface area contributed by atoms with Crippen LogP contribution in [0.4, 0.5) is 5.69 Å². The summed E-state index contributed by atoms with van der Waals surface area (Å²) in [6.45, 7) is 2.67. The van der Waals surface area contributed by atoms with E-state index in [1.165, 1.54) is 16.7 Å². The van der Waals surface area contributed by atoms with E-state index >= 15 is 0 Å². The molecule has 4 rings (SSSR count). The predicted molar refractivity (Wildman–Crippen MR) is 98.2 cm³/mol. The Morgan fingerprint density at radius 1 is 1.04 bits per heavy atom. The molecule has 2 heterocycles. The third-order valence-corrected chi connectivity index (χ3v) is 5.41. The summed E-state index contributed by atoms with van der Waals surface area (Å²) in [6, 6.07) is 11.8. The van der Waals surface area contributed by atoms with Gasteiger partial charge in [0.25, 0.3) is 5.91 Å². The highest BCUT2D eigenvalue weighted by Crippen LogP contribution is 2.40. The van der Waals surface area contributed by atoms with E-state index in [0.717, 1.165) is 61.6 Å². The van der Waals surface area contributed by atoms with Crippen LogP contribution in [0, 0.1) is 0 Å². The zero-order valence-electron chi connectivity index (χ0n) is 13.6. The summed E-state index contributed by atoms with van der Waals surface area (Å²) in [6.07, 6.45) is 3.91. The quantitative estimate of drug-likeness (QED) is 0.860. The molecule has 0 saturated carbocycles. The molecule has 0 saturated heterocycles. The summed E-state index contributed by atoms with van der Waals surface area (Å²) in [5.41, 5.74) is 5.44. The van der Waals surface area contributed by atoms with E-state index < -0.39 is 0 Å². The van der Waals surface area contributed by atoms with Gasteiger partial charge in [-0.2, -0.15) is 0 Å². The van der Waals surface area contributed by atoms with E-state index in [1.54, 1.807) is 0 Å². The zero-order chi connectivity index (χ0) is 16.5. The molecular formula is C20H21ClN2O. The van der Waals surface area contributed by atoms with Crippen LogP contribution >= 0.6 is 11.6 Å². The molecule has 2 aliphatic rings. The number of carbonyl (C=O) groups is 1. The van der Waals surface area contributed by atoms with Crippen molar-refractivity contribution in [2.45, 2.75) is 25.7 Å². The molecule has 0 radical (unpaired) electrons. The van der Waals surface area contributed by atoms with E-state index in [9.17, 15) is 4.79 Å². The standard InChI is InChI=1S/C20H21ClN2O/c21-18-17-9-11-22-10-8-15(17)13-16-7-4-12-23(19(16)18)20(24)14-5-2-1-3-6-14/h1-3,5-6,13,22H,4,7-12H2. The molecule has 1 amide bonds. The van der Waals surface area contributed by atoms with Crippen molar-refractivity contribution in [3.05, 3.63) is 63.7 Å². The Morgan fingerprint density at radius 2 is 1.83 bits per heavy atom. The van der Waals surface area contributed by atoms with Crippen molar-refractivity contribution in [2.24, 2.45) is 0 Å². The SMILES string of the molecule is O=C(c1ccccc1)N1CCCc2cc3c(c(Cl)c21)CCNCC3. The number of rotatable bonds is 1. The first-order valence-electron chi connectivity index (χ1n) is 8.66. The first-order valence-corrected chi connectivity index (χ1v) is 9.04. The van der Waals surface area contributed by atoms with Gasteiger partial charge in [-0.15, -0.1) is 0 Å². The Hall–Kier alpha value is -1.84. The molecule has 1 N–H and O–H groups in total. The minimum absolute atomic E-state index is 0.0464. The lowest BCUT2D eigenvalue weighted by atomic mass is 9.92. The number of hydrogen-bond donors (Lipinski definition) is 1. The molecule has 0 bridgehead atoms. The largest absolute Gasteiger partial charge is 0.316 e. The van der Waals surface area contributed by atoms with Gasteiger partial charge in [0.1, 0.15) is 0 Å². The second-order valence-corrected chi connectivity index (χ2v) is 6.89. The van der Waals surface area contributed by atoms with Gasteiger partial charge in [-0.3, -0.25) is 4.79 Å². The Morgan fingerprint density at radius 3 is 2.67 bits per heavy atom. The molecule has 0 spiro atoms. The molecule has 0 fully saturated rings. The number of aryl methyl sites for hydroxylation is 1. The lowest BCUT2D eigenvalue weighted by Crippen LogP contribution is -2.36. The second-order valence-electron chi connectivity index (χ2n) is 6.51. The van der Waals surface area contributed by atoms with E-state index in [4.69, 9.17) is 11.6 Å². The summed E-state index contributed by atoms with van der Waals surface area (Å²) in [4.78, 5) is 14.9. The third-order valence-electron chi connectivity index (χ3n) is 5.00. The summed E-state index contributed by atoms with van der Waals surface area (Å²) < 4.78 is 0. The van der Waals surface area contributed by atoms with Gasteiger partial charge in [-0.25, -0.2) is 0 Å². The number of amides is 1. The number of carbonyl (C=O) groups excluding carboxylic acids is 1. The summed E-state index contributed by atoms with van der Waals surface area (Å²) in [5.74, 6) is 0.0464. The molecule has 2 aromatic rings. The average molecular weight is 341 g/mol. The van der Waals surface area contributed by atoms with Crippen molar-refractivity contribution < 1.29 is 4.79 Å². The average Bonchev–Trinajstić information content (AvgIpc) is 2.87. The number of anilines is 1. The Kier molecular flexibility index (Phi) is 4.30. The smallest absolute Gasteiger partial charge is 0.258 e. The van der Waals surface area contributed by atoms with E-state index in [2.05, 4.69) is 11.4 Å². The van der Waals surface area contributed by atoms with Gasteiger partial charge in [0, 0.05) is 12.1 Å². The van der Waals surface area contributed by atoms with Gasteiger partial charge in [-0.05, 0) is 67.6 Å². The Balaban J connectivity index is 1.80. The lowest BCUT2D eigenvalue weighted by Gasteiger charge is -2.32. The Labute approximate surface area is 147 Å². The number of halogens is 1. The normalized spacial score (nSPS) is 17.0. The van der Waals surface area contributed by atoms with Crippen molar-refractivity contribution >= 4 is 23.2 Å². The van der Waals surface area contributed by atoms with Crippen LogP contribution in [0.3, 0.4) is 0 Å². The van der Waals surface area contributed by atoms with Gasteiger partial charge < -0.3 is 10.2 Å². The van der Waals surface area contributed by atoms with Crippen LogP contribution in [-0.4, -0.2) is 25.5 Å². The number of benzene rings is 2. The van der Waals surface area contributed by atoms with Crippen LogP contribution in [0.15, 0.2) is 36.4 Å². The maximum atomic E-state index is 13.0. The van der Waals surface area contributed by atoms with Gasteiger partial charge >= 0.3 is 0 Å². The van der Waals surface area contributed by atoms with Crippen LogP contribution in [0.2, 0.25) is 5.02 Å². The molecule has 2 aliphatic heterocycles. The van der Waals surface area contributed by atoms with Gasteiger partial charge in [-0.1, -0.05) is 35.9 Å². The first kappa shape index (κ1) is 15.7. The molecular weight excluding hydrogens is 320 g/mol. The maximum absolute atomic E-state index is 13.0.